The molecule has 0 spiro atoms. The Balaban J connectivity index is 1.81. The number of benzene rings is 1. The summed E-state index contributed by atoms with van der Waals surface area (Å²) >= 11 is 0. The SMILES string of the molecule is COC1=CC[C@@](C)(CNCc2ccccc2)C=C1. The third-order valence-electron chi connectivity index (χ3n) is 3.36. The molecule has 1 aliphatic rings. The van der Waals surface area contributed by atoms with Gasteiger partial charge in [0, 0.05) is 18.5 Å². The van der Waals surface area contributed by atoms with Crippen molar-refractivity contribution in [2.75, 3.05) is 13.7 Å². The standard InChI is InChI=1S/C16H21NO/c1-16(10-8-15(18-2)9-11-16)13-17-12-14-6-4-3-5-7-14/h3-10,17H,11-13H2,1-2H3/t16-/m0/s1. The Bertz CT molecular complexity index is 436. The molecule has 0 unspecified atom stereocenters. The van der Waals surface area contributed by atoms with Crippen molar-refractivity contribution in [1.82, 2.24) is 5.32 Å². The van der Waals surface area contributed by atoms with Gasteiger partial charge in [0.15, 0.2) is 0 Å². The van der Waals surface area contributed by atoms with E-state index in [9.17, 15) is 0 Å². The van der Waals surface area contributed by atoms with E-state index < -0.39 is 0 Å². The van der Waals surface area contributed by atoms with E-state index in [-0.39, 0.29) is 5.41 Å². The summed E-state index contributed by atoms with van der Waals surface area (Å²) in [6.07, 6.45) is 7.48. The van der Waals surface area contributed by atoms with E-state index >= 15 is 0 Å². The lowest BCUT2D eigenvalue weighted by Crippen LogP contribution is -2.30. The molecule has 2 rings (SSSR count). The van der Waals surface area contributed by atoms with Gasteiger partial charge in [0.25, 0.3) is 0 Å². The third kappa shape index (κ3) is 3.47. The molecule has 96 valence electrons. The summed E-state index contributed by atoms with van der Waals surface area (Å²) in [4.78, 5) is 0. The van der Waals surface area contributed by atoms with Crippen LogP contribution in [0.15, 0.2) is 54.3 Å². The van der Waals surface area contributed by atoms with Gasteiger partial charge in [-0.15, -0.1) is 0 Å². The smallest absolute Gasteiger partial charge is 0.114 e. The highest BCUT2D eigenvalue weighted by Gasteiger charge is 2.22. The van der Waals surface area contributed by atoms with Gasteiger partial charge < -0.3 is 10.1 Å². The van der Waals surface area contributed by atoms with Gasteiger partial charge in [-0.2, -0.15) is 0 Å². The summed E-state index contributed by atoms with van der Waals surface area (Å²) in [7, 11) is 1.71. The van der Waals surface area contributed by atoms with Crippen LogP contribution in [0.4, 0.5) is 0 Å². The average Bonchev–Trinajstić information content (AvgIpc) is 2.41. The van der Waals surface area contributed by atoms with Crippen molar-refractivity contribution in [2.45, 2.75) is 19.9 Å². The predicted octanol–water partition coefficient (Wildman–Crippen LogP) is 3.27. The van der Waals surface area contributed by atoms with Crippen molar-refractivity contribution in [1.29, 1.82) is 0 Å². The number of ether oxygens (including phenoxy) is 1. The molecule has 0 aromatic heterocycles. The van der Waals surface area contributed by atoms with Crippen LogP contribution in [0.2, 0.25) is 0 Å². The summed E-state index contributed by atoms with van der Waals surface area (Å²) in [5.41, 5.74) is 1.52. The second-order valence-corrected chi connectivity index (χ2v) is 5.09. The summed E-state index contributed by atoms with van der Waals surface area (Å²) in [5.74, 6) is 0.968. The lowest BCUT2D eigenvalue weighted by atomic mass is 9.83. The minimum absolute atomic E-state index is 0.191. The van der Waals surface area contributed by atoms with E-state index in [0.29, 0.717) is 0 Å². The molecule has 0 aliphatic heterocycles. The Morgan fingerprint density at radius 1 is 1.28 bits per heavy atom. The fourth-order valence-electron chi connectivity index (χ4n) is 2.12. The van der Waals surface area contributed by atoms with Crippen LogP contribution in [0, 0.1) is 5.41 Å². The molecule has 0 bridgehead atoms. The van der Waals surface area contributed by atoms with Crippen LogP contribution in [-0.2, 0) is 11.3 Å². The van der Waals surface area contributed by atoms with Crippen molar-refractivity contribution >= 4 is 0 Å². The van der Waals surface area contributed by atoms with Crippen molar-refractivity contribution in [2.24, 2.45) is 5.41 Å². The van der Waals surface area contributed by atoms with Gasteiger partial charge in [0.2, 0.25) is 0 Å². The molecule has 2 nitrogen and oxygen atoms in total. The molecular weight excluding hydrogens is 222 g/mol. The maximum absolute atomic E-state index is 5.21. The first-order valence-electron chi connectivity index (χ1n) is 6.40. The quantitative estimate of drug-likeness (QED) is 0.857. The highest BCUT2D eigenvalue weighted by atomic mass is 16.5. The van der Waals surface area contributed by atoms with Crippen LogP contribution >= 0.6 is 0 Å². The van der Waals surface area contributed by atoms with Crippen LogP contribution in [0.25, 0.3) is 0 Å². The number of methoxy groups -OCH3 is 1. The number of rotatable bonds is 5. The maximum atomic E-state index is 5.21. The number of hydrogen-bond acceptors (Lipinski definition) is 2. The summed E-state index contributed by atoms with van der Waals surface area (Å²) < 4.78 is 5.21. The largest absolute Gasteiger partial charge is 0.497 e. The molecular formula is C16H21NO. The zero-order valence-corrected chi connectivity index (χ0v) is 11.1. The van der Waals surface area contributed by atoms with Gasteiger partial charge in [0.1, 0.15) is 5.76 Å². The Hall–Kier alpha value is -1.54. The zero-order chi connectivity index (χ0) is 12.8. The summed E-state index contributed by atoms with van der Waals surface area (Å²) in [5, 5.41) is 3.52. The molecule has 1 aromatic rings. The molecule has 0 radical (unpaired) electrons. The summed E-state index contributed by atoms with van der Waals surface area (Å²) in [6, 6.07) is 10.5. The molecule has 1 aliphatic carbocycles. The van der Waals surface area contributed by atoms with E-state index in [1.807, 2.05) is 6.07 Å². The number of hydrogen-bond donors (Lipinski definition) is 1. The first-order valence-corrected chi connectivity index (χ1v) is 6.40. The van der Waals surface area contributed by atoms with E-state index in [1.165, 1.54) is 5.56 Å². The van der Waals surface area contributed by atoms with Crippen LogP contribution in [0.5, 0.6) is 0 Å². The van der Waals surface area contributed by atoms with Gasteiger partial charge in [-0.3, -0.25) is 0 Å². The van der Waals surface area contributed by atoms with E-state index in [2.05, 4.69) is 54.7 Å². The molecule has 2 heteroatoms. The molecule has 0 saturated heterocycles. The number of nitrogens with one attached hydrogen (secondary N) is 1. The molecule has 1 aromatic carbocycles. The second-order valence-electron chi connectivity index (χ2n) is 5.09. The second kappa shape index (κ2) is 5.87. The van der Waals surface area contributed by atoms with Crippen molar-refractivity contribution in [3.8, 4) is 0 Å². The summed E-state index contributed by atoms with van der Waals surface area (Å²) in [6.45, 7) is 4.17. The lowest BCUT2D eigenvalue weighted by molar-refractivity contribution is 0.291. The Labute approximate surface area is 109 Å². The molecule has 1 N–H and O–H groups in total. The van der Waals surface area contributed by atoms with Crippen molar-refractivity contribution in [3.05, 3.63) is 59.9 Å². The minimum atomic E-state index is 0.191. The molecule has 0 amide bonds. The van der Waals surface area contributed by atoms with Gasteiger partial charge in [-0.1, -0.05) is 43.3 Å². The maximum Gasteiger partial charge on any atom is 0.114 e. The Morgan fingerprint density at radius 2 is 2.06 bits per heavy atom. The highest BCUT2D eigenvalue weighted by Crippen LogP contribution is 2.28. The van der Waals surface area contributed by atoms with Crippen LogP contribution in [0.1, 0.15) is 18.9 Å². The first-order chi connectivity index (χ1) is 8.72. The lowest BCUT2D eigenvalue weighted by Gasteiger charge is -2.28. The fourth-order valence-corrected chi connectivity index (χ4v) is 2.12. The highest BCUT2D eigenvalue weighted by molar-refractivity contribution is 5.22. The zero-order valence-electron chi connectivity index (χ0n) is 11.1. The monoisotopic (exact) mass is 243 g/mol. The topological polar surface area (TPSA) is 21.3 Å². The average molecular weight is 243 g/mol. The molecule has 1 atom stereocenters. The van der Waals surface area contributed by atoms with Crippen LogP contribution in [-0.4, -0.2) is 13.7 Å². The van der Waals surface area contributed by atoms with Gasteiger partial charge in [-0.05, 0) is 24.1 Å². The third-order valence-corrected chi connectivity index (χ3v) is 3.36. The van der Waals surface area contributed by atoms with E-state index in [4.69, 9.17) is 4.74 Å². The number of allylic oxidation sites excluding steroid dienone is 2. The van der Waals surface area contributed by atoms with Gasteiger partial charge in [0.05, 0.1) is 7.11 Å². The van der Waals surface area contributed by atoms with E-state index in [1.54, 1.807) is 7.11 Å². The molecule has 0 fully saturated rings. The molecule has 18 heavy (non-hydrogen) atoms. The fraction of sp³-hybridized carbons (Fsp3) is 0.375. The predicted molar refractivity (Wildman–Crippen MR) is 75.1 cm³/mol. The first kappa shape index (κ1) is 12.9. The van der Waals surface area contributed by atoms with Crippen molar-refractivity contribution in [3.63, 3.8) is 0 Å². The Kier molecular flexibility index (Phi) is 4.21. The Morgan fingerprint density at radius 3 is 2.67 bits per heavy atom. The van der Waals surface area contributed by atoms with E-state index in [0.717, 1.165) is 25.3 Å². The molecule has 0 heterocycles. The van der Waals surface area contributed by atoms with Crippen molar-refractivity contribution < 1.29 is 4.74 Å². The minimum Gasteiger partial charge on any atom is -0.497 e. The van der Waals surface area contributed by atoms with Crippen LogP contribution in [0.3, 0.4) is 0 Å². The van der Waals surface area contributed by atoms with Crippen LogP contribution < -0.4 is 5.32 Å². The van der Waals surface area contributed by atoms with Gasteiger partial charge >= 0.3 is 0 Å². The van der Waals surface area contributed by atoms with Gasteiger partial charge in [-0.25, -0.2) is 0 Å². The molecule has 0 saturated carbocycles. The normalized spacial score (nSPS) is 22.7.